The first kappa shape index (κ1) is 33.7. The monoisotopic (exact) mass is 573 g/mol. The summed E-state index contributed by atoms with van der Waals surface area (Å²) in [6.07, 6.45) is 12.8. The van der Waals surface area contributed by atoms with Crippen LogP contribution in [0.1, 0.15) is 130 Å². The van der Waals surface area contributed by atoms with E-state index in [1.807, 2.05) is 18.2 Å². The highest BCUT2D eigenvalue weighted by Crippen LogP contribution is 2.22. The minimum Gasteiger partial charge on any atom is -0.241 e. The van der Waals surface area contributed by atoms with Crippen LogP contribution in [0.4, 0.5) is 0 Å². The lowest BCUT2D eigenvalue weighted by atomic mass is 10.0. The van der Waals surface area contributed by atoms with Crippen LogP contribution in [0.25, 0.3) is 23.0 Å². The number of nitrogens with zero attached hydrogens (tertiary/aromatic N) is 7. The molecule has 0 atom stereocenters. The van der Waals surface area contributed by atoms with Crippen molar-refractivity contribution in [2.45, 2.75) is 132 Å². The number of hydrogen-bond acceptors (Lipinski definition) is 7. The van der Waals surface area contributed by atoms with E-state index in [0.29, 0.717) is 46.7 Å². The highest BCUT2D eigenvalue weighted by molar-refractivity contribution is 5.57. The standard InChI is InChI=1S/C35H55N7/c1-24(2)14-9-18-28-30(20-11-16-26(5)6)39-41-34(37-28)32-22-13-23-33(36-32)35-38-29(19-10-15-25(3)4)31(40-42-35)21-12-17-27(7)8/h13,22-27H,9-12,14-21H2,1-8H3. The first-order valence-corrected chi connectivity index (χ1v) is 16.5. The molecule has 0 unspecified atom stereocenters. The van der Waals surface area contributed by atoms with Crippen molar-refractivity contribution in [3.63, 3.8) is 0 Å². The number of aryl methyl sites for hydroxylation is 4. The van der Waals surface area contributed by atoms with E-state index in [2.05, 4.69) is 75.8 Å². The molecule has 0 saturated heterocycles. The fraction of sp³-hybridized carbons (Fsp3) is 0.686. The molecule has 7 heteroatoms. The molecule has 0 fully saturated rings. The topological polar surface area (TPSA) is 90.2 Å². The largest absolute Gasteiger partial charge is 0.241 e. The Bertz CT molecular complexity index is 1130. The first-order valence-electron chi connectivity index (χ1n) is 16.5. The van der Waals surface area contributed by atoms with E-state index in [-0.39, 0.29) is 0 Å². The molecule has 0 spiro atoms. The Morgan fingerprint density at radius 2 is 0.762 bits per heavy atom. The molecule has 7 nitrogen and oxygen atoms in total. The molecule has 0 saturated carbocycles. The van der Waals surface area contributed by atoms with Gasteiger partial charge in [-0.25, -0.2) is 15.0 Å². The lowest BCUT2D eigenvalue weighted by molar-refractivity contribution is 0.538. The average Bonchev–Trinajstić information content (AvgIpc) is 2.93. The predicted octanol–water partition coefficient (Wildman–Crippen LogP) is 8.70. The summed E-state index contributed by atoms with van der Waals surface area (Å²) in [6.45, 7) is 18.2. The smallest absolute Gasteiger partial charge is 0.200 e. The SMILES string of the molecule is CC(C)CCCc1nnc(-c2cccc(-c3nnc(CCCC(C)C)c(CCCC(C)C)n3)n2)nc1CCCC(C)C. The summed E-state index contributed by atoms with van der Waals surface area (Å²) in [5.74, 6) is 3.85. The highest BCUT2D eigenvalue weighted by atomic mass is 15.2. The summed E-state index contributed by atoms with van der Waals surface area (Å²) in [7, 11) is 0. The average molecular weight is 574 g/mol. The molecule has 230 valence electrons. The maximum absolute atomic E-state index is 5.02. The summed E-state index contributed by atoms with van der Waals surface area (Å²) in [5, 5.41) is 18.4. The third-order valence-electron chi connectivity index (χ3n) is 7.67. The zero-order chi connectivity index (χ0) is 30.5. The van der Waals surface area contributed by atoms with Gasteiger partial charge in [0, 0.05) is 0 Å². The maximum Gasteiger partial charge on any atom is 0.200 e. The van der Waals surface area contributed by atoms with Gasteiger partial charge in [-0.2, -0.15) is 10.2 Å². The Morgan fingerprint density at radius 3 is 1.10 bits per heavy atom. The Kier molecular flexibility index (Phi) is 13.9. The fourth-order valence-corrected chi connectivity index (χ4v) is 5.16. The molecule has 3 aromatic rings. The van der Waals surface area contributed by atoms with Crippen LogP contribution in [0.15, 0.2) is 18.2 Å². The van der Waals surface area contributed by atoms with Crippen LogP contribution in [0.2, 0.25) is 0 Å². The molecule has 0 aliphatic carbocycles. The van der Waals surface area contributed by atoms with Crippen molar-refractivity contribution in [1.82, 2.24) is 35.3 Å². The third-order valence-corrected chi connectivity index (χ3v) is 7.67. The highest BCUT2D eigenvalue weighted by Gasteiger charge is 2.16. The number of hydrogen-bond donors (Lipinski definition) is 0. The molecular formula is C35H55N7. The second-order valence-electron chi connectivity index (χ2n) is 13.6. The lowest BCUT2D eigenvalue weighted by Gasteiger charge is -2.12. The van der Waals surface area contributed by atoms with Gasteiger partial charge in [0.25, 0.3) is 0 Å². The number of pyridine rings is 1. The lowest BCUT2D eigenvalue weighted by Crippen LogP contribution is -2.09. The number of rotatable bonds is 18. The van der Waals surface area contributed by atoms with E-state index < -0.39 is 0 Å². The van der Waals surface area contributed by atoms with Crippen molar-refractivity contribution >= 4 is 0 Å². The third kappa shape index (κ3) is 11.4. The minimum atomic E-state index is 0.569. The zero-order valence-electron chi connectivity index (χ0n) is 27.7. The second kappa shape index (κ2) is 17.3. The van der Waals surface area contributed by atoms with Crippen LogP contribution in [0, 0.1) is 23.7 Å². The van der Waals surface area contributed by atoms with Crippen molar-refractivity contribution in [3.8, 4) is 23.0 Å². The predicted molar refractivity (Wildman–Crippen MR) is 173 cm³/mol. The van der Waals surface area contributed by atoms with Gasteiger partial charge in [-0.1, -0.05) is 87.1 Å². The molecule has 0 aliphatic heterocycles. The Hall–Kier alpha value is -2.83. The fourth-order valence-electron chi connectivity index (χ4n) is 5.16. The molecule has 0 aromatic carbocycles. The molecule has 3 rings (SSSR count). The molecule has 0 radical (unpaired) electrons. The van der Waals surface area contributed by atoms with Crippen molar-refractivity contribution in [2.24, 2.45) is 23.7 Å². The van der Waals surface area contributed by atoms with E-state index in [1.54, 1.807) is 0 Å². The Balaban J connectivity index is 1.87. The van der Waals surface area contributed by atoms with Crippen LogP contribution in [0.5, 0.6) is 0 Å². The van der Waals surface area contributed by atoms with Crippen LogP contribution in [-0.2, 0) is 25.7 Å². The van der Waals surface area contributed by atoms with Gasteiger partial charge < -0.3 is 0 Å². The van der Waals surface area contributed by atoms with Gasteiger partial charge in [-0.15, -0.1) is 10.2 Å². The first-order chi connectivity index (χ1) is 20.1. The Labute approximate surface area is 255 Å². The van der Waals surface area contributed by atoms with E-state index in [1.165, 1.54) is 25.7 Å². The van der Waals surface area contributed by atoms with Crippen molar-refractivity contribution < 1.29 is 0 Å². The van der Waals surface area contributed by atoms with E-state index >= 15 is 0 Å². The van der Waals surface area contributed by atoms with Gasteiger partial charge in [0.1, 0.15) is 11.4 Å². The molecule has 3 aromatic heterocycles. The summed E-state index contributed by atoms with van der Waals surface area (Å²) < 4.78 is 0. The van der Waals surface area contributed by atoms with Crippen LogP contribution in [-0.4, -0.2) is 35.3 Å². The maximum atomic E-state index is 5.02. The van der Waals surface area contributed by atoms with E-state index in [9.17, 15) is 0 Å². The van der Waals surface area contributed by atoms with Gasteiger partial charge in [-0.3, -0.25) is 0 Å². The van der Waals surface area contributed by atoms with Crippen molar-refractivity contribution in [1.29, 1.82) is 0 Å². The molecule has 0 aliphatic rings. The van der Waals surface area contributed by atoms with Crippen LogP contribution >= 0.6 is 0 Å². The van der Waals surface area contributed by atoms with Crippen molar-refractivity contribution in [2.75, 3.05) is 0 Å². The normalized spacial score (nSPS) is 11.9. The summed E-state index contributed by atoms with van der Waals surface area (Å²) in [5.41, 5.74) is 5.59. The van der Waals surface area contributed by atoms with Gasteiger partial charge in [0.15, 0.2) is 0 Å². The molecule has 42 heavy (non-hydrogen) atoms. The van der Waals surface area contributed by atoms with Crippen LogP contribution < -0.4 is 0 Å². The Morgan fingerprint density at radius 1 is 0.429 bits per heavy atom. The molecular weight excluding hydrogens is 518 g/mol. The summed E-state index contributed by atoms with van der Waals surface area (Å²) >= 11 is 0. The number of aromatic nitrogens is 7. The minimum absolute atomic E-state index is 0.569. The van der Waals surface area contributed by atoms with Crippen LogP contribution in [0.3, 0.4) is 0 Å². The quantitative estimate of drug-likeness (QED) is 0.150. The molecule has 0 N–H and O–H groups in total. The van der Waals surface area contributed by atoms with E-state index in [0.717, 1.165) is 74.1 Å². The van der Waals surface area contributed by atoms with Gasteiger partial charge in [-0.05, 0) is 87.2 Å². The molecule has 3 heterocycles. The van der Waals surface area contributed by atoms with Gasteiger partial charge in [0.2, 0.25) is 11.6 Å². The van der Waals surface area contributed by atoms with Crippen molar-refractivity contribution in [3.05, 3.63) is 41.0 Å². The summed E-state index contributed by atoms with van der Waals surface area (Å²) in [6, 6.07) is 5.89. The van der Waals surface area contributed by atoms with Gasteiger partial charge >= 0.3 is 0 Å². The second-order valence-corrected chi connectivity index (χ2v) is 13.6. The van der Waals surface area contributed by atoms with E-state index in [4.69, 9.17) is 15.0 Å². The van der Waals surface area contributed by atoms with Gasteiger partial charge in [0.05, 0.1) is 22.8 Å². The molecule has 0 bridgehead atoms. The zero-order valence-corrected chi connectivity index (χ0v) is 27.7. The summed E-state index contributed by atoms with van der Waals surface area (Å²) in [4.78, 5) is 14.9. The molecule has 0 amide bonds.